The Morgan fingerprint density at radius 2 is 2.09 bits per heavy atom. The van der Waals surface area contributed by atoms with Crippen molar-refractivity contribution in [3.63, 3.8) is 0 Å². The molecule has 0 saturated carbocycles. The van der Waals surface area contributed by atoms with E-state index in [2.05, 4.69) is 27.1 Å². The van der Waals surface area contributed by atoms with Gasteiger partial charge >= 0.3 is 0 Å². The molecule has 0 spiro atoms. The van der Waals surface area contributed by atoms with Gasteiger partial charge in [0.2, 0.25) is 0 Å². The van der Waals surface area contributed by atoms with Gasteiger partial charge in [0.1, 0.15) is 5.82 Å². The fourth-order valence-corrected chi connectivity index (χ4v) is 2.03. The molecule has 0 bridgehead atoms. The van der Waals surface area contributed by atoms with Crippen molar-refractivity contribution in [1.29, 1.82) is 0 Å². The predicted octanol–water partition coefficient (Wildman–Crippen LogP) is 2.64. The molecule has 2 aromatic heterocycles. The molecule has 1 amide bonds. The van der Waals surface area contributed by atoms with Gasteiger partial charge < -0.3 is 10.2 Å². The van der Waals surface area contributed by atoms with E-state index in [1.165, 1.54) is 0 Å². The van der Waals surface area contributed by atoms with Crippen LogP contribution in [0.25, 0.3) is 0 Å². The summed E-state index contributed by atoms with van der Waals surface area (Å²) in [6.07, 6.45) is 5.61. The summed E-state index contributed by atoms with van der Waals surface area (Å²) >= 11 is 0. The molecule has 0 aliphatic rings. The lowest BCUT2D eigenvalue weighted by molar-refractivity contribution is 0.0950. The Balaban J connectivity index is 1.90. The van der Waals surface area contributed by atoms with Gasteiger partial charge in [-0.1, -0.05) is 19.4 Å². The van der Waals surface area contributed by atoms with Crippen LogP contribution in [-0.4, -0.2) is 29.5 Å². The first-order valence-corrected chi connectivity index (χ1v) is 7.56. The topological polar surface area (TPSA) is 58.1 Å². The number of pyridine rings is 2. The molecule has 1 N–H and O–H groups in total. The lowest BCUT2D eigenvalue weighted by atomic mass is 10.2. The number of nitrogens with one attached hydrogen (secondary N) is 1. The zero-order chi connectivity index (χ0) is 15.8. The fraction of sp³-hybridized carbons (Fsp3) is 0.353. The average Bonchev–Trinajstić information content (AvgIpc) is 2.58. The van der Waals surface area contributed by atoms with Crippen LogP contribution in [0.1, 0.15) is 35.8 Å². The van der Waals surface area contributed by atoms with E-state index in [0.717, 1.165) is 30.9 Å². The summed E-state index contributed by atoms with van der Waals surface area (Å²) < 4.78 is 0. The minimum atomic E-state index is -0.138. The van der Waals surface area contributed by atoms with Crippen LogP contribution < -0.4 is 10.2 Å². The maximum absolute atomic E-state index is 12.1. The Labute approximate surface area is 131 Å². The Kier molecular flexibility index (Phi) is 5.89. The van der Waals surface area contributed by atoms with Gasteiger partial charge in [0.25, 0.3) is 5.91 Å². The van der Waals surface area contributed by atoms with Gasteiger partial charge in [0.05, 0.1) is 17.8 Å². The molecular weight excluding hydrogens is 276 g/mol. The van der Waals surface area contributed by atoms with E-state index in [4.69, 9.17) is 0 Å². The second-order valence-corrected chi connectivity index (χ2v) is 5.18. The van der Waals surface area contributed by atoms with E-state index in [1.807, 2.05) is 31.3 Å². The van der Waals surface area contributed by atoms with Gasteiger partial charge in [-0.15, -0.1) is 0 Å². The summed E-state index contributed by atoms with van der Waals surface area (Å²) in [4.78, 5) is 22.7. The number of aromatic nitrogens is 2. The Hall–Kier alpha value is -2.43. The molecule has 22 heavy (non-hydrogen) atoms. The summed E-state index contributed by atoms with van der Waals surface area (Å²) in [5, 5.41) is 2.84. The van der Waals surface area contributed by atoms with Crippen LogP contribution in [0.5, 0.6) is 0 Å². The molecule has 0 aliphatic carbocycles. The Morgan fingerprint density at radius 3 is 2.73 bits per heavy atom. The van der Waals surface area contributed by atoms with Crippen molar-refractivity contribution in [3.8, 4) is 0 Å². The predicted molar refractivity (Wildman–Crippen MR) is 87.8 cm³/mol. The molecule has 0 atom stereocenters. The first-order chi connectivity index (χ1) is 10.7. The van der Waals surface area contributed by atoms with E-state index in [0.29, 0.717) is 12.1 Å². The van der Waals surface area contributed by atoms with Crippen LogP contribution in [0.4, 0.5) is 5.82 Å². The highest BCUT2D eigenvalue weighted by Gasteiger charge is 2.08. The first kappa shape index (κ1) is 15.9. The highest BCUT2D eigenvalue weighted by molar-refractivity contribution is 5.93. The number of rotatable bonds is 7. The number of amides is 1. The minimum absolute atomic E-state index is 0.138. The molecule has 2 heterocycles. The molecule has 0 radical (unpaired) electrons. The average molecular weight is 298 g/mol. The summed E-state index contributed by atoms with van der Waals surface area (Å²) in [7, 11) is 2.01. The van der Waals surface area contributed by atoms with Crippen molar-refractivity contribution in [2.75, 3.05) is 18.5 Å². The summed E-state index contributed by atoms with van der Waals surface area (Å²) in [6.45, 7) is 3.54. The van der Waals surface area contributed by atoms with E-state index < -0.39 is 0 Å². The normalized spacial score (nSPS) is 10.3. The second kappa shape index (κ2) is 8.12. The molecule has 0 aromatic carbocycles. The number of carbonyl (C=O) groups excluding carboxylic acids is 1. The quantitative estimate of drug-likeness (QED) is 0.853. The second-order valence-electron chi connectivity index (χ2n) is 5.18. The van der Waals surface area contributed by atoms with Crippen LogP contribution >= 0.6 is 0 Å². The number of anilines is 1. The van der Waals surface area contributed by atoms with Gasteiger partial charge in [-0.05, 0) is 30.7 Å². The van der Waals surface area contributed by atoms with Crippen molar-refractivity contribution >= 4 is 11.7 Å². The van der Waals surface area contributed by atoms with E-state index in [-0.39, 0.29) is 5.91 Å². The van der Waals surface area contributed by atoms with Gasteiger partial charge in [-0.3, -0.25) is 9.78 Å². The van der Waals surface area contributed by atoms with Crippen LogP contribution in [0.15, 0.2) is 42.7 Å². The van der Waals surface area contributed by atoms with E-state index >= 15 is 0 Å². The third-order valence-electron chi connectivity index (χ3n) is 3.40. The zero-order valence-corrected chi connectivity index (χ0v) is 13.1. The molecule has 0 aliphatic heterocycles. The van der Waals surface area contributed by atoms with Crippen molar-refractivity contribution in [2.45, 2.75) is 26.3 Å². The minimum Gasteiger partial charge on any atom is -0.360 e. The molecule has 0 fully saturated rings. The molecule has 0 saturated heterocycles. The van der Waals surface area contributed by atoms with Crippen LogP contribution in [-0.2, 0) is 6.54 Å². The number of hydrogen-bond donors (Lipinski definition) is 1. The third-order valence-corrected chi connectivity index (χ3v) is 3.40. The molecule has 5 heteroatoms. The molecule has 2 rings (SSSR count). The number of carbonyl (C=O) groups is 1. The lowest BCUT2D eigenvalue weighted by Crippen LogP contribution is -2.24. The number of unbranched alkanes of at least 4 members (excludes halogenated alkanes) is 1. The van der Waals surface area contributed by atoms with Gasteiger partial charge in [0, 0.05) is 26.0 Å². The first-order valence-electron chi connectivity index (χ1n) is 7.56. The summed E-state index contributed by atoms with van der Waals surface area (Å²) in [5.41, 5.74) is 1.39. The third kappa shape index (κ3) is 4.55. The van der Waals surface area contributed by atoms with Crippen molar-refractivity contribution in [2.24, 2.45) is 0 Å². The molecule has 0 unspecified atom stereocenters. The van der Waals surface area contributed by atoms with E-state index in [1.54, 1.807) is 18.5 Å². The molecule has 2 aromatic rings. The lowest BCUT2D eigenvalue weighted by Gasteiger charge is -2.17. The fourth-order valence-electron chi connectivity index (χ4n) is 2.03. The van der Waals surface area contributed by atoms with Crippen LogP contribution in [0.2, 0.25) is 0 Å². The Bertz CT molecular complexity index is 583. The monoisotopic (exact) mass is 298 g/mol. The maximum atomic E-state index is 12.1. The van der Waals surface area contributed by atoms with Crippen molar-refractivity contribution < 1.29 is 4.79 Å². The van der Waals surface area contributed by atoms with Crippen LogP contribution in [0, 0.1) is 0 Å². The van der Waals surface area contributed by atoms with Gasteiger partial charge in [-0.25, -0.2) is 4.98 Å². The maximum Gasteiger partial charge on any atom is 0.253 e. The zero-order valence-electron chi connectivity index (χ0n) is 13.1. The molecule has 116 valence electrons. The molecular formula is C17H22N4O. The number of hydrogen-bond acceptors (Lipinski definition) is 4. The largest absolute Gasteiger partial charge is 0.360 e. The SMILES string of the molecule is CCCCN(C)c1ccc(C(=O)NCc2ccccn2)cn1. The molecule has 5 nitrogen and oxygen atoms in total. The summed E-state index contributed by atoms with van der Waals surface area (Å²) in [6, 6.07) is 9.31. The van der Waals surface area contributed by atoms with Gasteiger partial charge in [0.15, 0.2) is 0 Å². The van der Waals surface area contributed by atoms with Crippen molar-refractivity contribution in [3.05, 3.63) is 54.0 Å². The van der Waals surface area contributed by atoms with Crippen molar-refractivity contribution in [1.82, 2.24) is 15.3 Å². The summed E-state index contributed by atoms with van der Waals surface area (Å²) in [5.74, 6) is 0.746. The Morgan fingerprint density at radius 1 is 1.23 bits per heavy atom. The smallest absolute Gasteiger partial charge is 0.253 e. The van der Waals surface area contributed by atoms with Crippen LogP contribution in [0.3, 0.4) is 0 Å². The highest BCUT2D eigenvalue weighted by Crippen LogP contribution is 2.10. The number of nitrogens with zero attached hydrogens (tertiary/aromatic N) is 3. The van der Waals surface area contributed by atoms with E-state index in [9.17, 15) is 4.79 Å². The van der Waals surface area contributed by atoms with Gasteiger partial charge in [-0.2, -0.15) is 0 Å². The highest BCUT2D eigenvalue weighted by atomic mass is 16.1. The standard InChI is InChI=1S/C17H22N4O/c1-3-4-11-21(2)16-9-8-14(12-19-16)17(22)20-13-15-7-5-6-10-18-15/h5-10,12H,3-4,11,13H2,1-2H3,(H,20,22).